The number of hydrogen-bond donors (Lipinski definition) is 2. The van der Waals surface area contributed by atoms with Crippen LogP contribution < -0.4 is 19.9 Å². The quantitative estimate of drug-likeness (QED) is 0.745. The molecule has 6 heteroatoms. The first-order valence-electron chi connectivity index (χ1n) is 4.38. The molecule has 0 aromatic heterocycles. The van der Waals surface area contributed by atoms with Crippen LogP contribution in [0.2, 0.25) is 0 Å². The van der Waals surface area contributed by atoms with E-state index in [1.807, 2.05) is 0 Å². The van der Waals surface area contributed by atoms with Gasteiger partial charge in [0.05, 0.1) is 27.0 Å². The third-order valence-corrected chi connectivity index (χ3v) is 2.10. The zero-order valence-corrected chi connectivity index (χ0v) is 9.23. The average molecular weight is 227 g/mol. The van der Waals surface area contributed by atoms with Gasteiger partial charge in [0.1, 0.15) is 11.3 Å². The Morgan fingerprint density at radius 1 is 1.19 bits per heavy atom. The Bertz CT molecular complexity index is 416. The first-order valence-corrected chi connectivity index (χ1v) is 4.38. The molecule has 0 bridgehead atoms. The number of hydrogen-bond acceptors (Lipinski definition) is 5. The highest BCUT2D eigenvalue weighted by atomic mass is 16.5. The van der Waals surface area contributed by atoms with Crippen molar-refractivity contribution in [2.45, 2.75) is 0 Å². The first-order chi connectivity index (χ1) is 7.56. The van der Waals surface area contributed by atoms with E-state index in [9.17, 15) is 4.79 Å². The van der Waals surface area contributed by atoms with E-state index in [0.717, 1.165) is 0 Å². The molecule has 0 aliphatic rings. The van der Waals surface area contributed by atoms with Gasteiger partial charge in [-0.05, 0) is 0 Å². The minimum Gasteiger partial charge on any atom is -0.496 e. The number of nitrogens with two attached hydrogens (primary N) is 1. The molecule has 1 aromatic carbocycles. The molecule has 0 atom stereocenters. The normalized spacial score (nSPS) is 9.69. The van der Waals surface area contributed by atoms with Crippen LogP contribution in [-0.4, -0.2) is 32.4 Å². The summed E-state index contributed by atoms with van der Waals surface area (Å²) >= 11 is 0. The summed E-state index contributed by atoms with van der Waals surface area (Å²) in [6, 6.07) is 1.42. The van der Waals surface area contributed by atoms with Crippen molar-refractivity contribution in [2.24, 2.45) is 0 Å². The predicted octanol–water partition coefficient (Wildman–Crippen LogP) is 0.993. The number of anilines is 1. The minimum absolute atomic E-state index is 0.0220. The van der Waals surface area contributed by atoms with E-state index in [2.05, 4.69) is 0 Å². The van der Waals surface area contributed by atoms with Crippen LogP contribution in [0.1, 0.15) is 10.4 Å². The van der Waals surface area contributed by atoms with Crippen molar-refractivity contribution in [3.63, 3.8) is 0 Å². The zero-order valence-electron chi connectivity index (χ0n) is 9.23. The van der Waals surface area contributed by atoms with Gasteiger partial charge in [0.2, 0.25) is 0 Å². The van der Waals surface area contributed by atoms with Gasteiger partial charge in [0.15, 0.2) is 11.5 Å². The van der Waals surface area contributed by atoms with Crippen molar-refractivity contribution in [3.05, 3.63) is 11.6 Å². The lowest BCUT2D eigenvalue weighted by Gasteiger charge is -2.15. The SMILES string of the molecule is COc1cc(OC)c(C(=O)O)c(N)c1OC. The predicted molar refractivity (Wildman–Crippen MR) is 57.5 cm³/mol. The summed E-state index contributed by atoms with van der Waals surface area (Å²) in [6.07, 6.45) is 0. The molecule has 0 aliphatic heterocycles. The van der Waals surface area contributed by atoms with Gasteiger partial charge in [0.25, 0.3) is 0 Å². The second-order valence-electron chi connectivity index (χ2n) is 2.91. The van der Waals surface area contributed by atoms with Crippen LogP contribution in [0.3, 0.4) is 0 Å². The van der Waals surface area contributed by atoms with Crippen LogP contribution in [0.4, 0.5) is 5.69 Å². The zero-order chi connectivity index (χ0) is 12.3. The number of benzene rings is 1. The van der Waals surface area contributed by atoms with Crippen LogP contribution in [0.15, 0.2) is 6.07 Å². The fraction of sp³-hybridized carbons (Fsp3) is 0.300. The van der Waals surface area contributed by atoms with Crippen molar-refractivity contribution in [2.75, 3.05) is 27.1 Å². The minimum atomic E-state index is -1.18. The van der Waals surface area contributed by atoms with Gasteiger partial charge < -0.3 is 25.1 Å². The number of ether oxygens (including phenoxy) is 3. The molecule has 16 heavy (non-hydrogen) atoms. The van der Waals surface area contributed by atoms with Gasteiger partial charge in [-0.2, -0.15) is 0 Å². The van der Waals surface area contributed by atoms with Gasteiger partial charge in [0, 0.05) is 6.07 Å². The maximum Gasteiger partial charge on any atom is 0.341 e. The third-order valence-electron chi connectivity index (χ3n) is 2.10. The molecule has 0 aliphatic carbocycles. The molecule has 0 radical (unpaired) electrons. The lowest BCUT2D eigenvalue weighted by atomic mass is 10.1. The highest BCUT2D eigenvalue weighted by molar-refractivity contribution is 5.99. The number of carboxylic acids is 1. The van der Waals surface area contributed by atoms with E-state index in [-0.39, 0.29) is 22.7 Å². The molecule has 3 N–H and O–H groups in total. The van der Waals surface area contributed by atoms with Gasteiger partial charge >= 0.3 is 5.97 Å². The van der Waals surface area contributed by atoms with Gasteiger partial charge in [-0.3, -0.25) is 0 Å². The average Bonchev–Trinajstić information content (AvgIpc) is 2.26. The highest BCUT2D eigenvalue weighted by Crippen LogP contribution is 2.41. The maximum absolute atomic E-state index is 11.0. The van der Waals surface area contributed by atoms with Gasteiger partial charge in [-0.1, -0.05) is 0 Å². The van der Waals surface area contributed by atoms with E-state index in [4.69, 9.17) is 25.1 Å². The molecule has 0 fully saturated rings. The molecular weight excluding hydrogens is 214 g/mol. The van der Waals surface area contributed by atoms with Crippen LogP contribution in [0.5, 0.6) is 17.2 Å². The van der Waals surface area contributed by atoms with E-state index in [0.29, 0.717) is 5.75 Å². The summed E-state index contributed by atoms with van der Waals surface area (Å²) < 4.78 is 14.9. The summed E-state index contributed by atoms with van der Waals surface area (Å²) in [5, 5.41) is 9.00. The second kappa shape index (κ2) is 4.61. The van der Waals surface area contributed by atoms with Crippen LogP contribution in [0.25, 0.3) is 0 Å². The van der Waals surface area contributed by atoms with E-state index < -0.39 is 5.97 Å². The van der Waals surface area contributed by atoms with Crippen LogP contribution in [0, 0.1) is 0 Å². The standard InChI is InChI=1S/C10H13NO5/c1-14-5-4-6(15-2)9(16-3)8(11)7(5)10(12)13/h4H,11H2,1-3H3,(H,12,13). The van der Waals surface area contributed by atoms with Crippen molar-refractivity contribution in [1.82, 2.24) is 0 Å². The topological polar surface area (TPSA) is 91.0 Å². The van der Waals surface area contributed by atoms with Crippen molar-refractivity contribution >= 4 is 11.7 Å². The Kier molecular flexibility index (Phi) is 3.44. The number of carbonyl (C=O) groups is 1. The molecule has 88 valence electrons. The fourth-order valence-electron chi connectivity index (χ4n) is 1.38. The lowest BCUT2D eigenvalue weighted by Crippen LogP contribution is -2.08. The molecule has 0 unspecified atom stereocenters. The molecule has 0 heterocycles. The van der Waals surface area contributed by atoms with Crippen LogP contribution in [-0.2, 0) is 0 Å². The molecule has 6 nitrogen and oxygen atoms in total. The van der Waals surface area contributed by atoms with E-state index in [1.165, 1.54) is 27.4 Å². The maximum atomic E-state index is 11.0. The van der Waals surface area contributed by atoms with Crippen molar-refractivity contribution < 1.29 is 24.1 Å². The largest absolute Gasteiger partial charge is 0.496 e. The second-order valence-corrected chi connectivity index (χ2v) is 2.91. The summed E-state index contributed by atoms with van der Waals surface area (Å²) in [4.78, 5) is 11.0. The third kappa shape index (κ3) is 1.81. The van der Waals surface area contributed by atoms with E-state index >= 15 is 0 Å². The molecule has 0 saturated heterocycles. The van der Waals surface area contributed by atoms with Gasteiger partial charge in [-0.15, -0.1) is 0 Å². The Labute approximate surface area is 92.5 Å². The molecule has 1 rings (SSSR count). The highest BCUT2D eigenvalue weighted by Gasteiger charge is 2.22. The van der Waals surface area contributed by atoms with Crippen molar-refractivity contribution in [1.29, 1.82) is 0 Å². The molecule has 1 aromatic rings. The van der Waals surface area contributed by atoms with E-state index in [1.54, 1.807) is 0 Å². The smallest absolute Gasteiger partial charge is 0.341 e. The Morgan fingerprint density at radius 2 is 1.75 bits per heavy atom. The number of methoxy groups -OCH3 is 3. The molecule has 0 spiro atoms. The summed E-state index contributed by atoms with van der Waals surface area (Å²) in [6.45, 7) is 0. The number of carboxylic acid groups (broad SMARTS) is 1. The number of aromatic carboxylic acids is 1. The molecule has 0 saturated carbocycles. The van der Waals surface area contributed by atoms with Crippen molar-refractivity contribution in [3.8, 4) is 17.2 Å². The summed E-state index contributed by atoms with van der Waals surface area (Å²) in [7, 11) is 4.16. The Balaban J connectivity index is 3.55. The summed E-state index contributed by atoms with van der Waals surface area (Å²) in [5.74, 6) is -0.555. The number of rotatable bonds is 4. The van der Waals surface area contributed by atoms with Crippen LogP contribution >= 0.6 is 0 Å². The summed E-state index contributed by atoms with van der Waals surface area (Å²) in [5.41, 5.74) is 5.52. The van der Waals surface area contributed by atoms with Gasteiger partial charge in [-0.25, -0.2) is 4.79 Å². The first kappa shape index (κ1) is 12.0. The number of nitrogen functional groups attached to an aromatic ring is 1. The monoisotopic (exact) mass is 227 g/mol. The Hall–Kier alpha value is -2.11. The Morgan fingerprint density at radius 3 is 2.12 bits per heavy atom. The fourth-order valence-corrected chi connectivity index (χ4v) is 1.38. The molecular formula is C10H13NO5. The molecule has 0 amide bonds. The lowest BCUT2D eigenvalue weighted by molar-refractivity contribution is 0.0694.